The Morgan fingerprint density at radius 1 is 1.12 bits per heavy atom. The third-order valence-corrected chi connectivity index (χ3v) is 5.84. The van der Waals surface area contributed by atoms with Gasteiger partial charge in [0.15, 0.2) is 0 Å². The molecule has 4 heteroatoms. The summed E-state index contributed by atoms with van der Waals surface area (Å²) in [5.41, 5.74) is 2.65. The zero-order chi connectivity index (χ0) is 17.5. The van der Waals surface area contributed by atoms with Gasteiger partial charge in [-0.1, -0.05) is 49.1 Å². The summed E-state index contributed by atoms with van der Waals surface area (Å²) in [6, 6.07) is 8.48. The second kappa shape index (κ2) is 8.81. The van der Waals surface area contributed by atoms with Crippen molar-refractivity contribution in [1.82, 2.24) is 10.2 Å². The maximum Gasteiger partial charge on any atom is 0.220 e. The Kier molecular flexibility index (Phi) is 6.49. The van der Waals surface area contributed by atoms with Crippen LogP contribution < -0.4 is 5.32 Å². The van der Waals surface area contributed by atoms with Crippen LogP contribution in [0.25, 0.3) is 0 Å². The minimum absolute atomic E-state index is 0.154. The molecular formula is C21H32N2O2. The smallest absolute Gasteiger partial charge is 0.220 e. The first-order chi connectivity index (χ1) is 12.2. The van der Waals surface area contributed by atoms with E-state index in [9.17, 15) is 4.79 Å². The Morgan fingerprint density at radius 3 is 2.48 bits per heavy atom. The lowest BCUT2D eigenvalue weighted by Gasteiger charge is -2.48. The lowest BCUT2D eigenvalue weighted by molar-refractivity contribution is -0.122. The summed E-state index contributed by atoms with van der Waals surface area (Å²) in [4.78, 5) is 15.0. The van der Waals surface area contributed by atoms with Crippen molar-refractivity contribution in [3.8, 4) is 0 Å². The molecule has 25 heavy (non-hydrogen) atoms. The number of hydrogen-bond donors (Lipinski definition) is 1. The molecule has 0 unspecified atom stereocenters. The predicted octanol–water partition coefficient (Wildman–Crippen LogP) is 3.08. The zero-order valence-electron chi connectivity index (χ0n) is 15.6. The summed E-state index contributed by atoms with van der Waals surface area (Å²) >= 11 is 0. The van der Waals surface area contributed by atoms with E-state index in [1.807, 2.05) is 0 Å². The molecule has 3 rings (SSSR count). The Balaban J connectivity index is 1.51. The largest absolute Gasteiger partial charge is 0.379 e. The molecule has 0 radical (unpaired) electrons. The van der Waals surface area contributed by atoms with Gasteiger partial charge < -0.3 is 10.1 Å². The second-order valence-corrected chi connectivity index (χ2v) is 7.65. The van der Waals surface area contributed by atoms with Crippen molar-refractivity contribution in [1.29, 1.82) is 0 Å². The van der Waals surface area contributed by atoms with Gasteiger partial charge in [-0.25, -0.2) is 0 Å². The van der Waals surface area contributed by atoms with Gasteiger partial charge in [-0.05, 0) is 31.7 Å². The van der Waals surface area contributed by atoms with E-state index in [4.69, 9.17) is 4.74 Å². The molecule has 1 aliphatic heterocycles. The number of morpholine rings is 1. The van der Waals surface area contributed by atoms with Crippen LogP contribution >= 0.6 is 0 Å². The first-order valence-electron chi connectivity index (χ1n) is 9.83. The molecule has 4 nitrogen and oxygen atoms in total. The van der Waals surface area contributed by atoms with Crippen molar-refractivity contribution in [2.45, 2.75) is 57.4 Å². The van der Waals surface area contributed by atoms with Gasteiger partial charge in [-0.3, -0.25) is 9.69 Å². The summed E-state index contributed by atoms with van der Waals surface area (Å²) in [6.45, 7) is 6.52. The molecule has 0 atom stereocenters. The van der Waals surface area contributed by atoms with E-state index in [1.165, 1.54) is 43.2 Å². The highest BCUT2D eigenvalue weighted by Gasteiger charge is 2.38. The number of benzene rings is 1. The third-order valence-electron chi connectivity index (χ3n) is 5.84. The zero-order valence-corrected chi connectivity index (χ0v) is 15.6. The van der Waals surface area contributed by atoms with Crippen molar-refractivity contribution in [2.24, 2.45) is 0 Å². The molecule has 1 heterocycles. The third kappa shape index (κ3) is 5.05. The fourth-order valence-corrected chi connectivity index (χ4v) is 4.22. The van der Waals surface area contributed by atoms with Crippen LogP contribution in [-0.4, -0.2) is 49.2 Å². The number of amides is 1. The minimum atomic E-state index is 0.154. The van der Waals surface area contributed by atoms with Crippen LogP contribution in [0.15, 0.2) is 24.3 Å². The average Bonchev–Trinajstić information content (AvgIpc) is 2.67. The highest BCUT2D eigenvalue weighted by Crippen LogP contribution is 2.33. The SMILES string of the molecule is Cc1ccc(CCC(=O)NCC2(N3CCOCC3)CCCCC2)cc1. The van der Waals surface area contributed by atoms with Gasteiger partial charge in [0.05, 0.1) is 13.2 Å². The van der Waals surface area contributed by atoms with Gasteiger partial charge in [0.25, 0.3) is 0 Å². The van der Waals surface area contributed by atoms with Gasteiger partial charge in [0.1, 0.15) is 0 Å². The Hall–Kier alpha value is -1.39. The van der Waals surface area contributed by atoms with E-state index in [0.29, 0.717) is 6.42 Å². The molecule has 2 aliphatic rings. The molecule has 1 N–H and O–H groups in total. The number of rotatable bonds is 6. The molecule has 1 aromatic carbocycles. The van der Waals surface area contributed by atoms with E-state index >= 15 is 0 Å². The average molecular weight is 344 g/mol. The molecule has 1 amide bonds. The summed E-state index contributed by atoms with van der Waals surface area (Å²) < 4.78 is 5.53. The van der Waals surface area contributed by atoms with Crippen molar-refractivity contribution in [3.05, 3.63) is 35.4 Å². The lowest BCUT2D eigenvalue weighted by Crippen LogP contribution is -2.59. The highest BCUT2D eigenvalue weighted by atomic mass is 16.5. The van der Waals surface area contributed by atoms with Crippen LogP contribution in [0.5, 0.6) is 0 Å². The Labute approximate surface area is 151 Å². The fourth-order valence-electron chi connectivity index (χ4n) is 4.22. The van der Waals surface area contributed by atoms with Crippen molar-refractivity contribution in [3.63, 3.8) is 0 Å². The van der Waals surface area contributed by atoms with E-state index in [0.717, 1.165) is 39.3 Å². The van der Waals surface area contributed by atoms with Crippen LogP contribution in [0.2, 0.25) is 0 Å². The maximum atomic E-state index is 12.4. The molecule has 1 saturated heterocycles. The van der Waals surface area contributed by atoms with E-state index < -0.39 is 0 Å². The molecule has 138 valence electrons. The Bertz CT molecular complexity index is 544. The van der Waals surface area contributed by atoms with Crippen LogP contribution in [0, 0.1) is 6.92 Å². The normalized spacial score (nSPS) is 21.0. The molecule has 0 bridgehead atoms. The molecule has 1 saturated carbocycles. The molecule has 2 fully saturated rings. The van der Waals surface area contributed by atoms with Crippen molar-refractivity contribution in [2.75, 3.05) is 32.8 Å². The highest BCUT2D eigenvalue weighted by molar-refractivity contribution is 5.76. The van der Waals surface area contributed by atoms with Crippen LogP contribution in [0.3, 0.4) is 0 Å². The monoisotopic (exact) mass is 344 g/mol. The van der Waals surface area contributed by atoms with Crippen LogP contribution in [0.4, 0.5) is 0 Å². The summed E-state index contributed by atoms with van der Waals surface area (Å²) in [6.07, 6.45) is 7.66. The fraction of sp³-hybridized carbons (Fsp3) is 0.667. The van der Waals surface area contributed by atoms with Crippen molar-refractivity contribution >= 4 is 5.91 Å². The first-order valence-corrected chi connectivity index (χ1v) is 9.83. The quantitative estimate of drug-likeness (QED) is 0.862. The van der Waals surface area contributed by atoms with Gasteiger partial charge >= 0.3 is 0 Å². The number of aryl methyl sites for hydroxylation is 2. The molecule has 1 aliphatic carbocycles. The molecule has 0 spiro atoms. The first kappa shape index (κ1) is 18.4. The van der Waals surface area contributed by atoms with E-state index in [-0.39, 0.29) is 11.4 Å². The van der Waals surface area contributed by atoms with Gasteiger partial charge in [0.2, 0.25) is 5.91 Å². The number of carbonyl (C=O) groups excluding carboxylic acids is 1. The Morgan fingerprint density at radius 2 is 1.80 bits per heavy atom. The number of nitrogens with one attached hydrogen (secondary N) is 1. The number of carbonyl (C=O) groups is 1. The number of hydrogen-bond acceptors (Lipinski definition) is 3. The minimum Gasteiger partial charge on any atom is -0.379 e. The predicted molar refractivity (Wildman–Crippen MR) is 101 cm³/mol. The summed E-state index contributed by atoms with van der Waals surface area (Å²) in [5, 5.41) is 3.25. The second-order valence-electron chi connectivity index (χ2n) is 7.65. The van der Waals surface area contributed by atoms with Gasteiger partial charge in [-0.2, -0.15) is 0 Å². The van der Waals surface area contributed by atoms with Gasteiger partial charge in [-0.15, -0.1) is 0 Å². The maximum absolute atomic E-state index is 12.4. The molecule has 0 aromatic heterocycles. The van der Waals surface area contributed by atoms with Crippen molar-refractivity contribution < 1.29 is 9.53 Å². The van der Waals surface area contributed by atoms with E-state index in [1.54, 1.807) is 0 Å². The summed E-state index contributed by atoms with van der Waals surface area (Å²) in [7, 11) is 0. The van der Waals surface area contributed by atoms with Gasteiger partial charge in [0, 0.05) is 31.6 Å². The topological polar surface area (TPSA) is 41.6 Å². The molecular weight excluding hydrogens is 312 g/mol. The summed E-state index contributed by atoms with van der Waals surface area (Å²) in [5.74, 6) is 0.179. The van der Waals surface area contributed by atoms with Crippen LogP contribution in [-0.2, 0) is 16.0 Å². The van der Waals surface area contributed by atoms with Crippen LogP contribution in [0.1, 0.15) is 49.7 Å². The standard InChI is InChI=1S/C21H32N2O2/c1-18-5-7-19(8-6-18)9-10-20(24)22-17-21(11-3-2-4-12-21)23-13-15-25-16-14-23/h5-8H,2-4,9-17H2,1H3,(H,22,24). The lowest BCUT2D eigenvalue weighted by atomic mass is 9.79. The molecule has 1 aromatic rings. The number of ether oxygens (including phenoxy) is 1. The van der Waals surface area contributed by atoms with E-state index in [2.05, 4.69) is 41.4 Å². The number of nitrogens with zero attached hydrogens (tertiary/aromatic N) is 1.